The van der Waals surface area contributed by atoms with Gasteiger partial charge >= 0.3 is 17.8 Å². The van der Waals surface area contributed by atoms with Gasteiger partial charge in [0, 0.05) is 10.4 Å². The number of hydrogen-bond acceptors (Lipinski definition) is 6. The second-order valence-electron chi connectivity index (χ2n) is 7.94. The van der Waals surface area contributed by atoms with Crippen LogP contribution in [0.5, 0.6) is 0 Å². The zero-order valence-electron chi connectivity index (χ0n) is 18.4. The van der Waals surface area contributed by atoms with E-state index in [1.165, 1.54) is 18.4 Å². The van der Waals surface area contributed by atoms with Gasteiger partial charge in [-0.3, -0.25) is 9.59 Å². The van der Waals surface area contributed by atoms with E-state index in [1.54, 1.807) is 6.21 Å². The Labute approximate surface area is 199 Å². The highest BCUT2D eigenvalue weighted by Crippen LogP contribution is 2.39. The van der Waals surface area contributed by atoms with Crippen LogP contribution in [0.25, 0.3) is 21.5 Å². The zero-order chi connectivity index (χ0) is 23.7. The third-order valence-corrected chi connectivity index (χ3v) is 7.12. The number of fused-ring (bicyclic) bond motifs is 3. The number of carbonyl (C=O) groups excluding carboxylic acids is 3. The molecule has 3 aromatic carbocycles. The van der Waals surface area contributed by atoms with Crippen molar-refractivity contribution < 1.29 is 19.1 Å². The molecule has 0 saturated carbocycles. The monoisotopic (exact) mass is 471 g/mol. The van der Waals surface area contributed by atoms with Gasteiger partial charge in [0.25, 0.3) is 0 Å². The maximum atomic E-state index is 12.5. The Morgan fingerprint density at radius 3 is 2.32 bits per heavy atom. The topological polar surface area (TPSA) is 96.9 Å². The van der Waals surface area contributed by atoms with Crippen molar-refractivity contribution in [2.75, 3.05) is 12.4 Å². The summed E-state index contributed by atoms with van der Waals surface area (Å²) in [4.78, 5) is 38.3. The van der Waals surface area contributed by atoms with Gasteiger partial charge < -0.3 is 10.1 Å². The fourth-order valence-corrected chi connectivity index (χ4v) is 5.64. The number of methoxy groups -OCH3 is 1. The first-order valence-corrected chi connectivity index (χ1v) is 11.7. The highest BCUT2D eigenvalue weighted by Gasteiger charge is 2.29. The minimum atomic E-state index is -0.926. The second kappa shape index (κ2) is 9.07. The maximum absolute atomic E-state index is 12.5. The molecular formula is C26H21N3O4S. The molecule has 1 aliphatic carbocycles. The Hall–Kier alpha value is -4.04. The Kier molecular flexibility index (Phi) is 5.81. The Balaban J connectivity index is 1.36. The summed E-state index contributed by atoms with van der Waals surface area (Å²) in [6.07, 6.45) is 4.10. The third kappa shape index (κ3) is 3.92. The van der Waals surface area contributed by atoms with Crippen molar-refractivity contribution in [2.24, 2.45) is 5.10 Å². The molecule has 4 aromatic rings. The summed E-state index contributed by atoms with van der Waals surface area (Å²) in [6.45, 7) is 0. The molecule has 34 heavy (non-hydrogen) atoms. The lowest BCUT2D eigenvalue weighted by Crippen LogP contribution is -2.32. The number of nitrogens with one attached hydrogen (secondary N) is 2. The van der Waals surface area contributed by atoms with Gasteiger partial charge in [0.05, 0.1) is 18.9 Å². The number of thiophene rings is 1. The van der Waals surface area contributed by atoms with Gasteiger partial charge in [-0.25, -0.2) is 10.2 Å². The number of hydrazone groups is 1. The van der Waals surface area contributed by atoms with Crippen LogP contribution in [0.2, 0.25) is 0 Å². The number of hydrogen-bond donors (Lipinski definition) is 2. The number of amides is 2. The lowest BCUT2D eigenvalue weighted by Gasteiger charge is -2.08. The fourth-order valence-electron chi connectivity index (χ4n) is 4.36. The van der Waals surface area contributed by atoms with E-state index >= 15 is 0 Å². The van der Waals surface area contributed by atoms with Crippen LogP contribution in [-0.2, 0) is 27.2 Å². The molecule has 0 spiro atoms. The quantitative estimate of drug-likeness (QED) is 0.151. The van der Waals surface area contributed by atoms with Gasteiger partial charge in [0.2, 0.25) is 0 Å². The molecular weight excluding hydrogens is 450 g/mol. The molecule has 2 amide bonds. The molecule has 8 heteroatoms. The van der Waals surface area contributed by atoms with Gasteiger partial charge in [-0.1, -0.05) is 48.5 Å². The molecule has 1 aromatic heterocycles. The van der Waals surface area contributed by atoms with Crippen LogP contribution >= 0.6 is 11.3 Å². The van der Waals surface area contributed by atoms with Crippen LogP contribution in [-0.4, -0.2) is 31.1 Å². The van der Waals surface area contributed by atoms with Crippen molar-refractivity contribution in [3.05, 3.63) is 76.2 Å². The van der Waals surface area contributed by atoms with Crippen LogP contribution in [0.1, 0.15) is 32.8 Å². The predicted octanol–water partition coefficient (Wildman–Crippen LogP) is 4.42. The molecule has 0 fully saturated rings. The van der Waals surface area contributed by atoms with E-state index in [9.17, 15) is 14.4 Å². The molecule has 0 saturated heterocycles. The Morgan fingerprint density at radius 1 is 0.971 bits per heavy atom. The maximum Gasteiger partial charge on any atom is 0.341 e. The van der Waals surface area contributed by atoms with E-state index in [2.05, 4.69) is 21.9 Å². The number of anilines is 1. The zero-order valence-corrected chi connectivity index (χ0v) is 19.2. The largest absolute Gasteiger partial charge is 0.465 e. The van der Waals surface area contributed by atoms with Gasteiger partial charge in [-0.15, -0.1) is 11.3 Å². The lowest BCUT2D eigenvalue weighted by molar-refractivity contribution is -0.136. The molecule has 5 rings (SSSR count). The SMILES string of the molecule is COC(=O)c1c(NC(=O)C(=O)NN=Cc2c3ccccc3cc3ccccc23)sc2c1CCC2. The minimum Gasteiger partial charge on any atom is -0.465 e. The first-order valence-electron chi connectivity index (χ1n) is 10.8. The first kappa shape index (κ1) is 21.8. The van der Waals surface area contributed by atoms with Crippen LogP contribution < -0.4 is 10.7 Å². The van der Waals surface area contributed by atoms with Crippen LogP contribution in [0.4, 0.5) is 5.00 Å². The lowest BCUT2D eigenvalue weighted by atomic mass is 9.97. The van der Waals surface area contributed by atoms with E-state index in [0.717, 1.165) is 56.8 Å². The molecule has 0 bridgehead atoms. The highest BCUT2D eigenvalue weighted by molar-refractivity contribution is 7.17. The minimum absolute atomic E-state index is 0.334. The summed E-state index contributed by atoms with van der Waals surface area (Å²) >= 11 is 1.31. The van der Waals surface area contributed by atoms with Gasteiger partial charge in [-0.2, -0.15) is 5.10 Å². The molecule has 1 heterocycles. The molecule has 170 valence electrons. The molecule has 7 nitrogen and oxygen atoms in total. The fraction of sp³-hybridized carbons (Fsp3) is 0.154. The number of ether oxygens (including phenoxy) is 1. The van der Waals surface area contributed by atoms with Crippen molar-refractivity contribution in [3.63, 3.8) is 0 Å². The third-order valence-electron chi connectivity index (χ3n) is 5.92. The number of aryl methyl sites for hydroxylation is 1. The van der Waals surface area contributed by atoms with Crippen LogP contribution in [0.15, 0.2) is 59.7 Å². The van der Waals surface area contributed by atoms with Gasteiger partial charge in [0.1, 0.15) is 5.00 Å². The summed E-state index contributed by atoms with van der Waals surface area (Å²) in [7, 11) is 1.30. The average molecular weight is 472 g/mol. The van der Waals surface area contributed by atoms with E-state index in [1.807, 2.05) is 48.5 Å². The first-order chi connectivity index (χ1) is 16.6. The second-order valence-corrected chi connectivity index (χ2v) is 9.04. The van der Waals surface area contributed by atoms with Gasteiger partial charge in [0.15, 0.2) is 0 Å². The molecule has 1 aliphatic rings. The summed E-state index contributed by atoms with van der Waals surface area (Å²) in [5, 5.41) is 11.0. The van der Waals surface area contributed by atoms with Crippen molar-refractivity contribution in [1.29, 1.82) is 0 Å². The van der Waals surface area contributed by atoms with Crippen molar-refractivity contribution >= 4 is 61.9 Å². The average Bonchev–Trinajstić information content (AvgIpc) is 3.44. The smallest absolute Gasteiger partial charge is 0.341 e. The van der Waals surface area contributed by atoms with Crippen molar-refractivity contribution in [1.82, 2.24) is 5.43 Å². The number of esters is 1. The van der Waals surface area contributed by atoms with Gasteiger partial charge in [-0.05, 0) is 52.4 Å². The summed E-state index contributed by atoms with van der Waals surface area (Å²) in [5.74, 6) is -2.34. The Bertz CT molecular complexity index is 1430. The van der Waals surface area contributed by atoms with Crippen LogP contribution in [0.3, 0.4) is 0 Å². The molecule has 0 unspecified atom stereocenters. The molecule has 0 radical (unpaired) electrons. The van der Waals surface area contributed by atoms with E-state index in [-0.39, 0.29) is 0 Å². The van der Waals surface area contributed by atoms with Crippen molar-refractivity contribution in [3.8, 4) is 0 Å². The van der Waals surface area contributed by atoms with E-state index < -0.39 is 17.8 Å². The Morgan fingerprint density at radius 2 is 1.65 bits per heavy atom. The number of benzene rings is 3. The predicted molar refractivity (Wildman–Crippen MR) is 134 cm³/mol. The van der Waals surface area contributed by atoms with E-state index in [0.29, 0.717) is 10.6 Å². The number of rotatable bonds is 4. The summed E-state index contributed by atoms with van der Waals surface area (Å²) in [5.41, 5.74) is 4.38. The number of nitrogens with zero attached hydrogens (tertiary/aromatic N) is 1. The normalized spacial score (nSPS) is 12.7. The molecule has 2 N–H and O–H groups in total. The standard InChI is InChI=1S/C26H21N3O4S/c1-33-26(32)22-19-11-6-12-21(19)34-25(22)28-23(30)24(31)29-27-14-20-17-9-4-2-7-15(17)13-16-8-3-5-10-18(16)20/h2-5,7-10,13-14H,6,11-12H2,1H3,(H,28,30)(H,29,31). The highest BCUT2D eigenvalue weighted by atomic mass is 32.1. The van der Waals surface area contributed by atoms with E-state index in [4.69, 9.17) is 4.74 Å². The van der Waals surface area contributed by atoms with Crippen molar-refractivity contribution in [2.45, 2.75) is 19.3 Å². The van der Waals surface area contributed by atoms with Crippen LogP contribution in [0, 0.1) is 0 Å². The number of carbonyl (C=O) groups is 3. The molecule has 0 aliphatic heterocycles. The summed E-state index contributed by atoms with van der Waals surface area (Å²) < 4.78 is 4.88. The molecule has 0 atom stereocenters. The summed E-state index contributed by atoms with van der Waals surface area (Å²) in [6, 6.07) is 17.9.